The quantitative estimate of drug-likeness (QED) is 0.675. The van der Waals surface area contributed by atoms with E-state index in [1.54, 1.807) is 24.3 Å². The second-order valence-electron chi connectivity index (χ2n) is 4.79. The Bertz CT molecular complexity index is 718. The average molecular weight is 325 g/mol. The minimum atomic E-state index is -3.07. The van der Waals surface area contributed by atoms with Crippen molar-refractivity contribution in [3.63, 3.8) is 0 Å². The van der Waals surface area contributed by atoms with E-state index in [9.17, 15) is 13.2 Å². The van der Waals surface area contributed by atoms with Gasteiger partial charge in [-0.3, -0.25) is 4.79 Å². The summed E-state index contributed by atoms with van der Waals surface area (Å²) >= 11 is 5.76. The SMILES string of the molecule is N#CC(=Cc1ccc(Cl)cc1)C(=O)NC1CCS(=O)(=O)C1. The molecular formula is C14H13ClN2O3S. The largest absolute Gasteiger partial charge is 0.348 e. The van der Waals surface area contributed by atoms with Crippen LogP contribution in [0.25, 0.3) is 6.08 Å². The predicted molar refractivity (Wildman–Crippen MR) is 80.2 cm³/mol. The number of carbonyl (C=O) groups excluding carboxylic acids is 1. The van der Waals surface area contributed by atoms with Crippen molar-refractivity contribution >= 4 is 33.4 Å². The number of sulfone groups is 1. The molecule has 1 amide bonds. The molecule has 1 saturated heterocycles. The summed E-state index contributed by atoms with van der Waals surface area (Å²) in [6, 6.07) is 8.09. The van der Waals surface area contributed by atoms with Crippen molar-refractivity contribution in [2.45, 2.75) is 12.5 Å². The van der Waals surface area contributed by atoms with Gasteiger partial charge in [0.1, 0.15) is 11.6 Å². The fraction of sp³-hybridized carbons (Fsp3) is 0.286. The third kappa shape index (κ3) is 4.31. The van der Waals surface area contributed by atoms with Crippen LogP contribution in [0, 0.1) is 11.3 Å². The lowest BCUT2D eigenvalue weighted by Crippen LogP contribution is -2.36. The van der Waals surface area contributed by atoms with Crippen LogP contribution < -0.4 is 5.32 Å². The highest BCUT2D eigenvalue weighted by Gasteiger charge is 2.29. The minimum absolute atomic E-state index is 0.0679. The van der Waals surface area contributed by atoms with E-state index in [2.05, 4.69) is 5.32 Å². The molecule has 1 unspecified atom stereocenters. The molecule has 110 valence electrons. The van der Waals surface area contributed by atoms with Gasteiger partial charge in [-0.2, -0.15) is 5.26 Å². The second kappa shape index (κ2) is 6.29. The minimum Gasteiger partial charge on any atom is -0.348 e. The Labute approximate surface area is 128 Å². The molecule has 1 aliphatic rings. The first-order valence-electron chi connectivity index (χ1n) is 6.28. The third-order valence-corrected chi connectivity index (χ3v) is 5.13. The zero-order valence-corrected chi connectivity index (χ0v) is 12.6. The highest BCUT2D eigenvalue weighted by molar-refractivity contribution is 7.91. The summed E-state index contributed by atoms with van der Waals surface area (Å²) in [5, 5.41) is 12.2. The smallest absolute Gasteiger partial charge is 0.262 e. The fourth-order valence-electron chi connectivity index (χ4n) is 2.05. The topological polar surface area (TPSA) is 87.0 Å². The summed E-state index contributed by atoms with van der Waals surface area (Å²) in [5.74, 6) is -0.561. The molecule has 1 aliphatic heterocycles. The molecular weight excluding hydrogens is 312 g/mol. The van der Waals surface area contributed by atoms with Crippen molar-refractivity contribution in [1.29, 1.82) is 5.26 Å². The van der Waals surface area contributed by atoms with Gasteiger partial charge in [-0.1, -0.05) is 23.7 Å². The molecule has 1 aromatic carbocycles. The fourth-order valence-corrected chi connectivity index (χ4v) is 3.85. The van der Waals surface area contributed by atoms with Gasteiger partial charge in [0.2, 0.25) is 0 Å². The van der Waals surface area contributed by atoms with Crippen molar-refractivity contribution in [2.24, 2.45) is 0 Å². The van der Waals surface area contributed by atoms with Crippen LogP contribution in [0.15, 0.2) is 29.8 Å². The zero-order valence-electron chi connectivity index (χ0n) is 11.0. The van der Waals surface area contributed by atoms with E-state index in [0.717, 1.165) is 0 Å². The van der Waals surface area contributed by atoms with Gasteiger partial charge < -0.3 is 5.32 Å². The van der Waals surface area contributed by atoms with Crippen LogP contribution in [0.4, 0.5) is 0 Å². The van der Waals surface area contributed by atoms with E-state index in [0.29, 0.717) is 17.0 Å². The van der Waals surface area contributed by atoms with E-state index in [4.69, 9.17) is 16.9 Å². The number of carbonyl (C=O) groups is 1. The molecule has 0 radical (unpaired) electrons. The van der Waals surface area contributed by atoms with Crippen LogP contribution in [0.1, 0.15) is 12.0 Å². The predicted octanol–water partition coefficient (Wildman–Crippen LogP) is 1.55. The van der Waals surface area contributed by atoms with E-state index < -0.39 is 21.8 Å². The first kappa shape index (κ1) is 15.5. The van der Waals surface area contributed by atoms with Gasteiger partial charge in [0, 0.05) is 11.1 Å². The molecule has 21 heavy (non-hydrogen) atoms. The van der Waals surface area contributed by atoms with Gasteiger partial charge in [0.05, 0.1) is 11.5 Å². The Morgan fingerprint density at radius 2 is 2.05 bits per heavy atom. The number of nitrogens with zero attached hydrogens (tertiary/aromatic N) is 1. The van der Waals surface area contributed by atoms with Gasteiger partial charge in [0.25, 0.3) is 5.91 Å². The summed E-state index contributed by atoms with van der Waals surface area (Å²) < 4.78 is 22.7. The van der Waals surface area contributed by atoms with Crippen LogP contribution in [0.3, 0.4) is 0 Å². The summed E-state index contributed by atoms with van der Waals surface area (Å²) in [5.41, 5.74) is 0.603. The lowest BCUT2D eigenvalue weighted by Gasteiger charge is -2.09. The van der Waals surface area contributed by atoms with Gasteiger partial charge in [-0.15, -0.1) is 0 Å². The van der Waals surface area contributed by atoms with Crippen molar-refractivity contribution in [3.8, 4) is 6.07 Å². The normalized spacial score (nSPS) is 20.8. The summed E-state index contributed by atoms with van der Waals surface area (Å²) in [7, 11) is -3.07. The Hall–Kier alpha value is -1.84. The van der Waals surface area contributed by atoms with Gasteiger partial charge in [-0.05, 0) is 30.2 Å². The molecule has 1 atom stereocenters. The standard InChI is InChI=1S/C14H13ClN2O3S/c15-12-3-1-10(2-4-12)7-11(8-16)14(18)17-13-5-6-21(19,20)9-13/h1-4,7,13H,5-6,9H2,(H,17,18). The van der Waals surface area contributed by atoms with Crippen molar-refractivity contribution < 1.29 is 13.2 Å². The summed E-state index contributed by atoms with van der Waals surface area (Å²) in [4.78, 5) is 12.0. The van der Waals surface area contributed by atoms with Crippen LogP contribution in [-0.4, -0.2) is 31.9 Å². The Morgan fingerprint density at radius 1 is 1.38 bits per heavy atom. The molecule has 0 spiro atoms. The number of rotatable bonds is 3. The summed E-state index contributed by atoms with van der Waals surface area (Å²) in [6.07, 6.45) is 1.82. The molecule has 7 heteroatoms. The number of halogens is 1. The average Bonchev–Trinajstić information content (AvgIpc) is 2.77. The highest BCUT2D eigenvalue weighted by Crippen LogP contribution is 2.14. The van der Waals surface area contributed by atoms with Gasteiger partial charge >= 0.3 is 0 Å². The van der Waals surface area contributed by atoms with Crippen molar-refractivity contribution in [2.75, 3.05) is 11.5 Å². The molecule has 1 heterocycles. The van der Waals surface area contributed by atoms with Gasteiger partial charge in [-0.25, -0.2) is 8.42 Å². The third-order valence-electron chi connectivity index (χ3n) is 3.11. The van der Waals surface area contributed by atoms with Crippen molar-refractivity contribution in [3.05, 3.63) is 40.4 Å². The first-order valence-corrected chi connectivity index (χ1v) is 8.48. The van der Waals surface area contributed by atoms with Crippen LogP contribution in [-0.2, 0) is 14.6 Å². The molecule has 2 rings (SSSR count). The molecule has 0 aliphatic carbocycles. The lowest BCUT2D eigenvalue weighted by molar-refractivity contribution is -0.117. The first-order chi connectivity index (χ1) is 9.89. The maximum atomic E-state index is 12.0. The molecule has 5 nitrogen and oxygen atoms in total. The monoisotopic (exact) mass is 324 g/mol. The second-order valence-corrected chi connectivity index (χ2v) is 7.46. The number of hydrogen-bond donors (Lipinski definition) is 1. The molecule has 1 N–H and O–H groups in total. The molecule has 0 saturated carbocycles. The molecule has 1 aromatic rings. The highest BCUT2D eigenvalue weighted by atomic mass is 35.5. The maximum absolute atomic E-state index is 12.0. The van der Waals surface area contributed by atoms with Crippen LogP contribution in [0.2, 0.25) is 5.02 Å². The number of nitrogens with one attached hydrogen (secondary N) is 1. The molecule has 0 aromatic heterocycles. The van der Waals surface area contributed by atoms with E-state index in [-0.39, 0.29) is 17.1 Å². The van der Waals surface area contributed by atoms with Crippen LogP contribution in [0.5, 0.6) is 0 Å². The molecule has 1 fully saturated rings. The van der Waals surface area contributed by atoms with E-state index in [1.165, 1.54) is 6.08 Å². The number of hydrogen-bond acceptors (Lipinski definition) is 4. The summed E-state index contributed by atoms with van der Waals surface area (Å²) in [6.45, 7) is 0. The van der Waals surface area contributed by atoms with Crippen molar-refractivity contribution in [1.82, 2.24) is 5.32 Å². The maximum Gasteiger partial charge on any atom is 0.262 e. The Kier molecular flexibility index (Phi) is 4.66. The Morgan fingerprint density at radius 3 is 2.57 bits per heavy atom. The number of amides is 1. The zero-order chi connectivity index (χ0) is 15.5. The van der Waals surface area contributed by atoms with E-state index in [1.807, 2.05) is 6.07 Å². The van der Waals surface area contributed by atoms with Crippen LogP contribution >= 0.6 is 11.6 Å². The number of nitriles is 1. The van der Waals surface area contributed by atoms with Gasteiger partial charge in [0.15, 0.2) is 9.84 Å². The Balaban J connectivity index is 2.09. The lowest BCUT2D eigenvalue weighted by atomic mass is 10.1. The number of benzene rings is 1. The molecule has 0 bridgehead atoms. The van der Waals surface area contributed by atoms with E-state index >= 15 is 0 Å².